The summed E-state index contributed by atoms with van der Waals surface area (Å²) in [5.41, 5.74) is 4.40. The summed E-state index contributed by atoms with van der Waals surface area (Å²) in [5.74, 6) is -0.341. The quantitative estimate of drug-likeness (QED) is 0.845. The molecule has 0 spiro atoms. The lowest BCUT2D eigenvalue weighted by Crippen LogP contribution is -2.37. The van der Waals surface area contributed by atoms with Gasteiger partial charge in [0.25, 0.3) is 11.5 Å². The number of carbonyl (C=O) groups excluding carboxylic acids is 2. The van der Waals surface area contributed by atoms with E-state index < -0.39 is 23.2 Å². The average molecular weight is 347 g/mol. The number of nitrogens with two attached hydrogens (primary N) is 1. The van der Waals surface area contributed by atoms with Crippen LogP contribution >= 0.6 is 0 Å². The molecule has 3 heterocycles. The van der Waals surface area contributed by atoms with E-state index in [-0.39, 0.29) is 17.1 Å². The zero-order valence-electron chi connectivity index (χ0n) is 14.4. The van der Waals surface area contributed by atoms with Crippen LogP contribution in [0.4, 0.5) is 4.79 Å². The van der Waals surface area contributed by atoms with E-state index in [4.69, 9.17) is 10.5 Å². The van der Waals surface area contributed by atoms with Crippen LogP contribution in [0.25, 0.3) is 5.52 Å². The van der Waals surface area contributed by atoms with Gasteiger partial charge < -0.3 is 15.5 Å². The first-order valence-corrected chi connectivity index (χ1v) is 8.08. The number of hydrogen-bond donors (Lipinski definition) is 2. The number of aromatic amines is 1. The number of primary amides is 1. The fourth-order valence-electron chi connectivity index (χ4n) is 2.99. The standard InChI is InChI=1S/C16H21N5O4/c1-16(2,3)25-15(24)20-7-4-5-10(20)13-18-14(23)11-9(12(17)22)6-8-21(11)19-13/h6,8,10H,4-5,7H2,1-3H3,(H2,17,22)(H,18,19,23). The SMILES string of the molecule is CC(C)(C)OC(=O)N1CCCC1c1nn2ccc(C(N)=O)c2c(=O)[nH]1. The molecule has 1 unspecified atom stereocenters. The summed E-state index contributed by atoms with van der Waals surface area (Å²) >= 11 is 0. The normalized spacial score (nSPS) is 17.9. The largest absolute Gasteiger partial charge is 0.444 e. The molecule has 3 N–H and O–H groups in total. The molecule has 0 radical (unpaired) electrons. The van der Waals surface area contributed by atoms with Gasteiger partial charge in [0.1, 0.15) is 11.1 Å². The van der Waals surface area contributed by atoms with E-state index in [0.29, 0.717) is 18.8 Å². The van der Waals surface area contributed by atoms with Crippen molar-refractivity contribution in [1.82, 2.24) is 19.5 Å². The fourth-order valence-corrected chi connectivity index (χ4v) is 2.99. The second-order valence-electron chi connectivity index (χ2n) is 7.06. The first-order valence-electron chi connectivity index (χ1n) is 8.08. The number of H-pyrrole nitrogens is 1. The van der Waals surface area contributed by atoms with E-state index in [1.807, 2.05) is 0 Å². The lowest BCUT2D eigenvalue weighted by Gasteiger charge is -2.28. The van der Waals surface area contributed by atoms with Gasteiger partial charge in [0.05, 0.1) is 11.6 Å². The van der Waals surface area contributed by atoms with Crippen LogP contribution in [0.15, 0.2) is 17.1 Å². The molecule has 1 fully saturated rings. The zero-order chi connectivity index (χ0) is 18.4. The van der Waals surface area contributed by atoms with Crippen molar-refractivity contribution < 1.29 is 14.3 Å². The van der Waals surface area contributed by atoms with Crippen LogP contribution in [0.3, 0.4) is 0 Å². The number of nitrogens with one attached hydrogen (secondary N) is 1. The van der Waals surface area contributed by atoms with E-state index >= 15 is 0 Å². The van der Waals surface area contributed by atoms with Crippen LogP contribution in [-0.4, -0.2) is 43.6 Å². The van der Waals surface area contributed by atoms with Gasteiger partial charge >= 0.3 is 6.09 Å². The maximum atomic E-state index is 12.4. The lowest BCUT2D eigenvalue weighted by atomic mass is 10.2. The molecule has 25 heavy (non-hydrogen) atoms. The third-order valence-corrected chi connectivity index (χ3v) is 4.00. The predicted octanol–water partition coefficient (Wildman–Crippen LogP) is 1.19. The predicted molar refractivity (Wildman–Crippen MR) is 89.2 cm³/mol. The van der Waals surface area contributed by atoms with E-state index in [2.05, 4.69) is 10.1 Å². The highest BCUT2D eigenvalue weighted by Gasteiger charge is 2.35. The smallest absolute Gasteiger partial charge is 0.410 e. The molecule has 3 rings (SSSR count). The lowest BCUT2D eigenvalue weighted by molar-refractivity contribution is 0.0217. The van der Waals surface area contributed by atoms with Gasteiger partial charge in [-0.2, -0.15) is 5.10 Å². The average Bonchev–Trinajstić information content (AvgIpc) is 3.12. The van der Waals surface area contributed by atoms with Gasteiger partial charge in [-0.1, -0.05) is 0 Å². The molecule has 2 aromatic heterocycles. The number of likely N-dealkylation sites (tertiary alicyclic amines) is 1. The summed E-state index contributed by atoms with van der Waals surface area (Å²) in [5, 5.41) is 4.35. The topological polar surface area (TPSA) is 123 Å². The Labute approximate surface area is 143 Å². The Balaban J connectivity index is 1.97. The Morgan fingerprint density at radius 3 is 2.76 bits per heavy atom. The van der Waals surface area contributed by atoms with Crippen molar-refractivity contribution in [3.05, 3.63) is 34.0 Å². The van der Waals surface area contributed by atoms with E-state index in [0.717, 1.165) is 6.42 Å². The molecule has 1 atom stereocenters. The molecule has 9 heteroatoms. The first kappa shape index (κ1) is 17.0. The summed E-state index contributed by atoms with van der Waals surface area (Å²) in [4.78, 5) is 40.4. The highest BCUT2D eigenvalue weighted by atomic mass is 16.6. The van der Waals surface area contributed by atoms with Crippen molar-refractivity contribution in [2.24, 2.45) is 5.73 Å². The monoisotopic (exact) mass is 347 g/mol. The summed E-state index contributed by atoms with van der Waals surface area (Å²) in [6, 6.07) is 1.07. The second kappa shape index (κ2) is 5.91. The summed E-state index contributed by atoms with van der Waals surface area (Å²) in [7, 11) is 0. The molecule has 0 aromatic carbocycles. The molecule has 0 bridgehead atoms. The van der Waals surface area contributed by atoms with Crippen molar-refractivity contribution >= 4 is 17.5 Å². The highest BCUT2D eigenvalue weighted by molar-refractivity contribution is 5.99. The summed E-state index contributed by atoms with van der Waals surface area (Å²) in [6.07, 6.45) is 2.51. The fraction of sp³-hybridized carbons (Fsp3) is 0.500. The molecule has 1 aliphatic heterocycles. The molecule has 2 amide bonds. The number of nitrogens with zero attached hydrogens (tertiary/aromatic N) is 3. The van der Waals surface area contributed by atoms with E-state index in [1.165, 1.54) is 16.8 Å². The van der Waals surface area contributed by atoms with E-state index in [1.54, 1.807) is 25.7 Å². The summed E-state index contributed by atoms with van der Waals surface area (Å²) < 4.78 is 6.75. The Bertz CT molecular complexity index is 892. The Hall–Kier alpha value is -2.84. The second-order valence-corrected chi connectivity index (χ2v) is 7.06. The Kier molecular flexibility index (Phi) is 4.02. The summed E-state index contributed by atoms with van der Waals surface area (Å²) in [6.45, 7) is 5.92. The first-order chi connectivity index (χ1) is 11.7. The van der Waals surface area contributed by atoms with Crippen molar-refractivity contribution in [2.75, 3.05) is 6.54 Å². The van der Waals surface area contributed by atoms with Crippen molar-refractivity contribution in [2.45, 2.75) is 45.3 Å². The van der Waals surface area contributed by atoms with Crippen LogP contribution in [0.1, 0.15) is 55.8 Å². The van der Waals surface area contributed by atoms with Gasteiger partial charge in [-0.25, -0.2) is 9.31 Å². The highest BCUT2D eigenvalue weighted by Crippen LogP contribution is 2.30. The van der Waals surface area contributed by atoms with Crippen molar-refractivity contribution in [1.29, 1.82) is 0 Å². The number of fused-ring (bicyclic) bond motifs is 1. The minimum absolute atomic E-state index is 0.0954. The van der Waals surface area contributed by atoms with Crippen LogP contribution in [0.2, 0.25) is 0 Å². The number of aromatic nitrogens is 3. The third-order valence-electron chi connectivity index (χ3n) is 4.00. The maximum Gasteiger partial charge on any atom is 0.410 e. The minimum atomic E-state index is -0.696. The van der Waals surface area contributed by atoms with Crippen LogP contribution < -0.4 is 11.3 Å². The van der Waals surface area contributed by atoms with Gasteiger partial charge in [0, 0.05) is 12.7 Å². The molecule has 1 saturated heterocycles. The third kappa shape index (κ3) is 3.21. The van der Waals surface area contributed by atoms with Gasteiger partial charge in [-0.15, -0.1) is 0 Å². The van der Waals surface area contributed by atoms with Crippen molar-refractivity contribution in [3.63, 3.8) is 0 Å². The van der Waals surface area contributed by atoms with Crippen LogP contribution in [0.5, 0.6) is 0 Å². The molecular formula is C16H21N5O4. The van der Waals surface area contributed by atoms with Gasteiger partial charge in [-0.3, -0.25) is 14.5 Å². The Morgan fingerprint density at radius 2 is 2.12 bits per heavy atom. The minimum Gasteiger partial charge on any atom is -0.444 e. The zero-order valence-corrected chi connectivity index (χ0v) is 14.4. The Morgan fingerprint density at radius 1 is 1.40 bits per heavy atom. The molecule has 2 aromatic rings. The van der Waals surface area contributed by atoms with Gasteiger partial charge in [0.15, 0.2) is 5.82 Å². The van der Waals surface area contributed by atoms with Crippen molar-refractivity contribution in [3.8, 4) is 0 Å². The number of ether oxygens (including phenoxy) is 1. The molecule has 9 nitrogen and oxygen atoms in total. The van der Waals surface area contributed by atoms with Gasteiger partial charge in [-0.05, 0) is 39.7 Å². The number of hydrogen-bond acceptors (Lipinski definition) is 5. The maximum absolute atomic E-state index is 12.4. The molecule has 1 aliphatic rings. The molecular weight excluding hydrogens is 326 g/mol. The van der Waals surface area contributed by atoms with Gasteiger partial charge in [0.2, 0.25) is 0 Å². The molecule has 134 valence electrons. The molecule has 0 aliphatic carbocycles. The van der Waals surface area contributed by atoms with Crippen LogP contribution in [0, 0.1) is 0 Å². The van der Waals surface area contributed by atoms with Crippen LogP contribution in [-0.2, 0) is 4.74 Å². The van der Waals surface area contributed by atoms with E-state index in [9.17, 15) is 14.4 Å². The molecule has 0 saturated carbocycles. The number of amides is 2. The number of carbonyl (C=O) groups is 2. The number of rotatable bonds is 2.